The largest absolute Gasteiger partial charge is 0.394 e. The van der Waals surface area contributed by atoms with Crippen molar-refractivity contribution in [3.8, 4) is 0 Å². The van der Waals surface area contributed by atoms with E-state index in [9.17, 15) is 9.59 Å². The van der Waals surface area contributed by atoms with E-state index in [0.717, 1.165) is 48.4 Å². The number of hydrogen-bond donors (Lipinski definition) is 4. The van der Waals surface area contributed by atoms with Crippen LogP contribution < -0.4 is 11.5 Å². The van der Waals surface area contributed by atoms with Crippen molar-refractivity contribution in [2.45, 2.75) is 88.1 Å². The lowest BCUT2D eigenvalue weighted by Gasteiger charge is -2.37. The fourth-order valence-electron chi connectivity index (χ4n) is 8.38. The van der Waals surface area contributed by atoms with E-state index >= 15 is 0 Å². The van der Waals surface area contributed by atoms with Crippen molar-refractivity contribution >= 4 is 22.2 Å². The van der Waals surface area contributed by atoms with E-state index in [1.165, 1.54) is 25.7 Å². The van der Waals surface area contributed by atoms with E-state index < -0.39 is 21.2 Å². The van der Waals surface area contributed by atoms with E-state index in [1.807, 2.05) is 121 Å². The zero-order chi connectivity index (χ0) is 40.3. The van der Waals surface area contributed by atoms with Gasteiger partial charge in [0.2, 0.25) is 11.8 Å². The van der Waals surface area contributed by atoms with Crippen molar-refractivity contribution in [2.24, 2.45) is 11.5 Å². The standard InChI is InChI=1S/2C22H28N2O.H2O4S/c2*1-21(2)14-9-16-24(21)17-15-22(20(23)25,18-10-5-3-6-11-18)19-12-7-4-8-13-19;1-5(2,3)4/h2*3-8,10-13H,9,14-17H2,1-2H3,(H2,23,25);(H2,1,2,3,4). The molecule has 0 bridgehead atoms. The number of benzene rings is 4. The summed E-state index contributed by atoms with van der Waals surface area (Å²) < 4.78 is 31.6. The summed E-state index contributed by atoms with van der Waals surface area (Å²) in [5.74, 6) is -0.552. The van der Waals surface area contributed by atoms with Crippen LogP contribution in [0.5, 0.6) is 0 Å². The Morgan fingerprint density at radius 3 is 0.982 bits per heavy atom. The lowest BCUT2D eigenvalue weighted by atomic mass is 9.71. The molecule has 0 aliphatic carbocycles. The first-order chi connectivity index (χ1) is 25.9. The van der Waals surface area contributed by atoms with Crippen molar-refractivity contribution in [3.05, 3.63) is 144 Å². The Bertz CT molecular complexity index is 1710. The maximum absolute atomic E-state index is 12.8. The second-order valence-corrected chi connectivity index (χ2v) is 16.7. The Kier molecular flexibility index (Phi) is 14.6. The lowest BCUT2D eigenvalue weighted by Crippen LogP contribution is -2.47. The Hall–Kier alpha value is -4.39. The van der Waals surface area contributed by atoms with Gasteiger partial charge in [0.1, 0.15) is 0 Å². The molecule has 2 saturated heterocycles. The number of nitrogens with zero attached hydrogens (tertiary/aromatic N) is 2. The number of carbonyl (C=O) groups is 2. The summed E-state index contributed by atoms with van der Waals surface area (Å²) in [6.07, 6.45) is 6.22. The zero-order valence-corrected chi connectivity index (χ0v) is 33.4. The maximum atomic E-state index is 12.8. The number of primary amides is 2. The first kappa shape index (κ1) is 43.3. The highest BCUT2D eigenvalue weighted by Crippen LogP contribution is 2.39. The Balaban J connectivity index is 0.000000218. The zero-order valence-electron chi connectivity index (χ0n) is 32.6. The van der Waals surface area contributed by atoms with Gasteiger partial charge in [-0.2, -0.15) is 8.42 Å². The van der Waals surface area contributed by atoms with Crippen LogP contribution in [-0.4, -0.2) is 76.4 Å². The molecule has 2 aliphatic rings. The molecule has 2 amide bonds. The summed E-state index contributed by atoms with van der Waals surface area (Å²) in [6.45, 7) is 13.1. The average Bonchev–Trinajstić information content (AvgIpc) is 3.68. The Morgan fingerprint density at radius 1 is 0.564 bits per heavy atom. The van der Waals surface area contributed by atoms with Crippen LogP contribution in [0.4, 0.5) is 0 Å². The van der Waals surface area contributed by atoms with Gasteiger partial charge < -0.3 is 11.5 Å². The molecule has 2 aliphatic heterocycles. The van der Waals surface area contributed by atoms with Crippen LogP contribution in [0.25, 0.3) is 0 Å². The van der Waals surface area contributed by atoms with Gasteiger partial charge >= 0.3 is 10.4 Å². The van der Waals surface area contributed by atoms with Crippen molar-refractivity contribution in [1.29, 1.82) is 0 Å². The molecule has 0 saturated carbocycles. The van der Waals surface area contributed by atoms with Crippen LogP contribution in [0.1, 0.15) is 88.5 Å². The minimum atomic E-state index is -4.67. The minimum Gasteiger partial charge on any atom is -0.369 e. The molecule has 0 atom stereocenters. The molecule has 0 aromatic heterocycles. The SMILES string of the molecule is CC1(C)CCCN1CCC(C(N)=O)(c1ccccc1)c1ccccc1.CC1(C)CCCN1CCC(C(N)=O)(c1ccccc1)c1ccccc1.O=S(=O)(O)O. The van der Waals surface area contributed by atoms with Gasteiger partial charge in [-0.3, -0.25) is 28.5 Å². The molecule has 0 unspecified atom stereocenters. The van der Waals surface area contributed by atoms with Crippen molar-refractivity contribution in [3.63, 3.8) is 0 Å². The third-order valence-electron chi connectivity index (χ3n) is 11.6. The first-order valence-electron chi connectivity index (χ1n) is 19.0. The van der Waals surface area contributed by atoms with Crippen molar-refractivity contribution in [2.75, 3.05) is 26.2 Å². The van der Waals surface area contributed by atoms with Gasteiger partial charge in [0.05, 0.1) is 10.8 Å². The fraction of sp³-hybridized carbons (Fsp3) is 0.409. The summed E-state index contributed by atoms with van der Waals surface area (Å²) in [4.78, 5) is 30.6. The molecule has 2 fully saturated rings. The van der Waals surface area contributed by atoms with Crippen LogP contribution >= 0.6 is 0 Å². The van der Waals surface area contributed by atoms with Gasteiger partial charge in [-0.25, -0.2) is 0 Å². The number of carbonyl (C=O) groups excluding carboxylic acids is 2. The number of amides is 2. The van der Waals surface area contributed by atoms with Gasteiger partial charge in [-0.15, -0.1) is 0 Å². The smallest absolute Gasteiger partial charge is 0.369 e. The fourth-order valence-corrected chi connectivity index (χ4v) is 8.38. The molecule has 6 N–H and O–H groups in total. The normalized spacial score (nSPS) is 17.0. The molecule has 11 heteroatoms. The van der Waals surface area contributed by atoms with E-state index in [-0.39, 0.29) is 22.9 Å². The van der Waals surface area contributed by atoms with Crippen LogP contribution in [-0.2, 0) is 30.8 Å². The molecule has 296 valence electrons. The molecule has 10 nitrogen and oxygen atoms in total. The Morgan fingerprint density at radius 2 is 0.800 bits per heavy atom. The van der Waals surface area contributed by atoms with Gasteiger partial charge in [-0.05, 0) is 102 Å². The molecular weight excluding hydrogens is 713 g/mol. The third kappa shape index (κ3) is 10.9. The highest BCUT2D eigenvalue weighted by atomic mass is 32.3. The van der Waals surface area contributed by atoms with Crippen molar-refractivity contribution < 1.29 is 27.1 Å². The highest BCUT2D eigenvalue weighted by Gasteiger charge is 2.43. The van der Waals surface area contributed by atoms with E-state index in [4.69, 9.17) is 29.0 Å². The molecule has 4 aromatic carbocycles. The molecule has 6 rings (SSSR count). The highest BCUT2D eigenvalue weighted by molar-refractivity contribution is 7.79. The summed E-state index contributed by atoms with van der Waals surface area (Å²) in [7, 11) is -4.67. The quantitative estimate of drug-likeness (QED) is 0.114. The molecule has 0 radical (unpaired) electrons. The molecule has 0 spiro atoms. The van der Waals surface area contributed by atoms with E-state index in [0.29, 0.717) is 12.8 Å². The van der Waals surface area contributed by atoms with Gasteiger partial charge in [0.25, 0.3) is 0 Å². The van der Waals surface area contributed by atoms with Gasteiger partial charge in [0.15, 0.2) is 0 Å². The average molecular weight is 771 g/mol. The van der Waals surface area contributed by atoms with E-state index in [1.54, 1.807) is 0 Å². The molecular formula is C44H58N4O6S. The summed E-state index contributed by atoms with van der Waals surface area (Å²) in [5, 5.41) is 0. The molecule has 4 aromatic rings. The monoisotopic (exact) mass is 770 g/mol. The maximum Gasteiger partial charge on any atom is 0.394 e. The Labute approximate surface area is 327 Å². The third-order valence-corrected chi connectivity index (χ3v) is 11.6. The van der Waals surface area contributed by atoms with E-state index in [2.05, 4.69) is 37.5 Å². The summed E-state index contributed by atoms with van der Waals surface area (Å²) in [6, 6.07) is 39.9. The first-order valence-corrected chi connectivity index (χ1v) is 20.4. The number of nitrogens with two attached hydrogens (primary N) is 2. The number of likely N-dealkylation sites (tertiary alicyclic amines) is 2. The van der Waals surface area contributed by atoms with Crippen LogP contribution in [0.2, 0.25) is 0 Å². The molecule has 2 heterocycles. The van der Waals surface area contributed by atoms with Crippen LogP contribution in [0.15, 0.2) is 121 Å². The molecule has 55 heavy (non-hydrogen) atoms. The second kappa shape index (κ2) is 18.5. The number of hydrogen-bond acceptors (Lipinski definition) is 6. The topological polar surface area (TPSA) is 167 Å². The lowest BCUT2D eigenvalue weighted by molar-refractivity contribution is -0.123. The van der Waals surface area contributed by atoms with Crippen LogP contribution in [0.3, 0.4) is 0 Å². The predicted molar refractivity (Wildman–Crippen MR) is 219 cm³/mol. The summed E-state index contributed by atoms with van der Waals surface area (Å²) in [5.41, 5.74) is 14.8. The van der Waals surface area contributed by atoms with Crippen molar-refractivity contribution in [1.82, 2.24) is 9.80 Å². The minimum absolute atomic E-state index is 0.191. The second-order valence-electron chi connectivity index (χ2n) is 15.8. The predicted octanol–water partition coefficient (Wildman–Crippen LogP) is 6.79. The summed E-state index contributed by atoms with van der Waals surface area (Å²) >= 11 is 0. The van der Waals surface area contributed by atoms with Crippen LogP contribution in [0, 0.1) is 0 Å². The van der Waals surface area contributed by atoms with Gasteiger partial charge in [-0.1, -0.05) is 121 Å². The number of rotatable bonds is 12. The van der Waals surface area contributed by atoms with Gasteiger partial charge in [0, 0.05) is 24.2 Å².